The minimum Gasteiger partial charge on any atom is -0.237 e. The van der Waals surface area contributed by atoms with Gasteiger partial charge in [-0.15, -0.1) is 0 Å². The van der Waals surface area contributed by atoms with Crippen molar-refractivity contribution in [1.82, 2.24) is 4.98 Å². The molecule has 2 aliphatic heterocycles. The number of fused-ring (bicyclic) bond motifs is 2. The van der Waals surface area contributed by atoms with E-state index in [4.69, 9.17) is 0 Å². The molecule has 0 fully saturated rings. The van der Waals surface area contributed by atoms with Gasteiger partial charge in [0.1, 0.15) is 5.71 Å². The smallest absolute Gasteiger partial charge is 0.237 e. The zero-order chi connectivity index (χ0) is 18.4. The Kier molecular flexibility index (Phi) is 6.48. The van der Waals surface area contributed by atoms with Gasteiger partial charge < -0.3 is 0 Å². The van der Waals surface area contributed by atoms with Gasteiger partial charge in [-0.25, -0.2) is 14.5 Å². The minimum atomic E-state index is 0. The van der Waals surface area contributed by atoms with E-state index in [1.54, 1.807) is 6.20 Å². The molecule has 0 bridgehead atoms. The lowest BCUT2D eigenvalue weighted by Gasteiger charge is -2.18. The molecule has 146 valence electrons. The van der Waals surface area contributed by atoms with E-state index in [0.717, 1.165) is 17.3 Å². The second kappa shape index (κ2) is 7.71. The third-order valence-electron chi connectivity index (χ3n) is 5.64. The van der Waals surface area contributed by atoms with Crippen molar-refractivity contribution in [2.75, 3.05) is 0 Å². The summed E-state index contributed by atoms with van der Waals surface area (Å²) in [5.74, 6) is 1.99. The SMILES string of the molecule is C.C.CC1=Nc2c(ccc[n+]2C)C1(C)C.CC1=Nc2ncccc2C1(C)C. The molecule has 0 saturated carbocycles. The third kappa shape index (κ3) is 3.71. The molecule has 0 unspecified atom stereocenters. The Morgan fingerprint density at radius 1 is 0.815 bits per heavy atom. The summed E-state index contributed by atoms with van der Waals surface area (Å²) in [7, 11) is 2.04. The number of aryl methyl sites for hydroxylation is 1. The largest absolute Gasteiger partial charge is 0.326 e. The number of rotatable bonds is 0. The molecule has 0 spiro atoms. The Labute approximate surface area is 165 Å². The van der Waals surface area contributed by atoms with Gasteiger partial charge in [0.05, 0.1) is 24.2 Å². The van der Waals surface area contributed by atoms with Crippen LogP contribution < -0.4 is 4.57 Å². The maximum atomic E-state index is 4.58. The Morgan fingerprint density at radius 2 is 1.37 bits per heavy atom. The van der Waals surface area contributed by atoms with E-state index in [9.17, 15) is 0 Å². The summed E-state index contributed by atoms with van der Waals surface area (Å²) in [6, 6.07) is 8.31. The van der Waals surface area contributed by atoms with Crippen LogP contribution in [0.5, 0.6) is 0 Å². The van der Waals surface area contributed by atoms with Crippen molar-refractivity contribution < 1.29 is 4.57 Å². The van der Waals surface area contributed by atoms with Crippen LogP contribution in [-0.4, -0.2) is 16.4 Å². The van der Waals surface area contributed by atoms with Crippen molar-refractivity contribution in [3.8, 4) is 0 Å². The van der Waals surface area contributed by atoms with E-state index in [1.807, 2.05) is 19.3 Å². The van der Waals surface area contributed by atoms with Crippen molar-refractivity contribution in [1.29, 1.82) is 0 Å². The van der Waals surface area contributed by atoms with Crippen LogP contribution in [0.15, 0.2) is 46.6 Å². The van der Waals surface area contributed by atoms with Crippen LogP contribution in [0.1, 0.15) is 67.5 Å². The number of aromatic nitrogens is 2. The summed E-state index contributed by atoms with van der Waals surface area (Å²) in [5.41, 5.74) is 5.09. The molecular formula is C23H35N4+. The van der Waals surface area contributed by atoms with Crippen LogP contribution in [-0.2, 0) is 17.9 Å². The van der Waals surface area contributed by atoms with Gasteiger partial charge in [-0.3, -0.25) is 0 Å². The Balaban J connectivity index is 0.000000252. The molecule has 0 radical (unpaired) electrons. The van der Waals surface area contributed by atoms with E-state index >= 15 is 0 Å². The van der Waals surface area contributed by atoms with Gasteiger partial charge in [-0.1, -0.05) is 34.8 Å². The second-order valence-electron chi connectivity index (χ2n) is 7.88. The molecule has 0 N–H and O–H groups in total. The first kappa shape index (κ1) is 22.7. The highest BCUT2D eigenvalue weighted by atomic mass is 15.1. The van der Waals surface area contributed by atoms with E-state index in [-0.39, 0.29) is 25.7 Å². The first-order chi connectivity index (χ1) is 11.7. The maximum Gasteiger partial charge on any atom is 0.326 e. The number of aliphatic imine (C=N–C) groups is 2. The molecule has 4 rings (SSSR count). The van der Waals surface area contributed by atoms with Crippen LogP contribution in [0.25, 0.3) is 0 Å². The maximum absolute atomic E-state index is 4.58. The Bertz CT molecular complexity index is 889. The van der Waals surface area contributed by atoms with Crippen molar-refractivity contribution in [2.24, 2.45) is 17.0 Å². The molecule has 4 heterocycles. The van der Waals surface area contributed by atoms with Crippen LogP contribution in [0.4, 0.5) is 11.6 Å². The summed E-state index contributed by atoms with van der Waals surface area (Å²) in [6.07, 6.45) is 3.83. The molecule has 4 nitrogen and oxygen atoms in total. The van der Waals surface area contributed by atoms with E-state index in [2.05, 4.69) is 79.3 Å². The average molecular weight is 368 g/mol. The summed E-state index contributed by atoms with van der Waals surface area (Å²) in [6.45, 7) is 13.0. The molecule has 0 amide bonds. The normalized spacial score (nSPS) is 17.1. The minimum absolute atomic E-state index is 0. The molecule has 0 atom stereocenters. The van der Waals surface area contributed by atoms with Crippen LogP contribution in [0.2, 0.25) is 0 Å². The van der Waals surface area contributed by atoms with E-state index in [0.29, 0.717) is 0 Å². The monoisotopic (exact) mass is 367 g/mol. The summed E-state index contributed by atoms with van der Waals surface area (Å²) >= 11 is 0. The van der Waals surface area contributed by atoms with Crippen LogP contribution in [0, 0.1) is 0 Å². The molecule has 2 aromatic rings. The Morgan fingerprint density at radius 3 is 1.96 bits per heavy atom. The predicted molar refractivity (Wildman–Crippen MR) is 117 cm³/mol. The first-order valence-corrected chi connectivity index (χ1v) is 8.72. The number of pyridine rings is 2. The fourth-order valence-electron chi connectivity index (χ4n) is 3.19. The number of hydrogen-bond acceptors (Lipinski definition) is 3. The summed E-state index contributed by atoms with van der Waals surface area (Å²) < 4.78 is 2.08. The highest BCUT2D eigenvalue weighted by Crippen LogP contribution is 2.38. The van der Waals surface area contributed by atoms with Gasteiger partial charge in [0.2, 0.25) is 0 Å². The highest BCUT2D eigenvalue weighted by Gasteiger charge is 2.39. The van der Waals surface area contributed by atoms with Crippen molar-refractivity contribution >= 4 is 23.1 Å². The summed E-state index contributed by atoms with van der Waals surface area (Å²) in [5, 5.41) is 0. The zero-order valence-electron chi connectivity index (χ0n) is 16.3. The Hall–Kier alpha value is -2.36. The lowest BCUT2D eigenvalue weighted by molar-refractivity contribution is -0.658. The second-order valence-corrected chi connectivity index (χ2v) is 7.88. The van der Waals surface area contributed by atoms with Gasteiger partial charge in [0.15, 0.2) is 5.82 Å². The third-order valence-corrected chi connectivity index (χ3v) is 5.64. The topological polar surface area (TPSA) is 41.5 Å². The molecule has 0 saturated heterocycles. The molecule has 2 aliphatic rings. The molecular weight excluding hydrogens is 332 g/mol. The van der Waals surface area contributed by atoms with Gasteiger partial charge in [-0.05, 0) is 50.9 Å². The predicted octanol–water partition coefficient (Wildman–Crippen LogP) is 5.63. The molecule has 0 aliphatic carbocycles. The highest BCUT2D eigenvalue weighted by molar-refractivity contribution is 5.99. The lowest BCUT2D eigenvalue weighted by atomic mass is 9.83. The number of hydrogen-bond donors (Lipinski definition) is 0. The van der Waals surface area contributed by atoms with Gasteiger partial charge in [0, 0.05) is 22.9 Å². The van der Waals surface area contributed by atoms with E-state index in [1.165, 1.54) is 16.8 Å². The van der Waals surface area contributed by atoms with Crippen molar-refractivity contribution in [2.45, 2.75) is 67.2 Å². The molecule has 27 heavy (non-hydrogen) atoms. The molecule has 2 aromatic heterocycles. The fourth-order valence-corrected chi connectivity index (χ4v) is 3.19. The first-order valence-electron chi connectivity index (χ1n) is 8.72. The molecule has 0 aromatic carbocycles. The van der Waals surface area contributed by atoms with Gasteiger partial charge >= 0.3 is 5.82 Å². The zero-order valence-corrected chi connectivity index (χ0v) is 16.3. The fraction of sp³-hybridized carbons (Fsp3) is 0.478. The summed E-state index contributed by atoms with van der Waals surface area (Å²) in [4.78, 5) is 13.2. The molecule has 4 heteroatoms. The van der Waals surface area contributed by atoms with Crippen molar-refractivity contribution in [3.63, 3.8) is 0 Å². The quantitative estimate of drug-likeness (QED) is 0.556. The van der Waals surface area contributed by atoms with Crippen molar-refractivity contribution in [3.05, 3.63) is 47.8 Å². The van der Waals surface area contributed by atoms with E-state index < -0.39 is 0 Å². The lowest BCUT2D eigenvalue weighted by Crippen LogP contribution is -2.29. The van der Waals surface area contributed by atoms with Gasteiger partial charge in [0.25, 0.3) is 0 Å². The van der Waals surface area contributed by atoms with Gasteiger partial charge in [-0.2, -0.15) is 0 Å². The standard InChI is InChI=1S/C11H15N2.C10H12N2.2CH4/c1-8-11(2,3)9-6-5-7-13(4)10(9)12-8;1-7-10(2,3)8-5-4-6-11-9(8)12-7;;/h5-7H,1-4H3;4-6H,1-3H3;2*1H4/q+1;;;. The van der Waals surface area contributed by atoms with Crippen LogP contribution in [0.3, 0.4) is 0 Å². The average Bonchev–Trinajstić information content (AvgIpc) is 2.93. The van der Waals surface area contributed by atoms with Crippen LogP contribution >= 0.6 is 0 Å². The number of nitrogens with zero attached hydrogens (tertiary/aromatic N) is 4.